The molecule has 0 radical (unpaired) electrons. The van der Waals surface area contributed by atoms with E-state index in [1.54, 1.807) is 0 Å². The second-order valence-electron chi connectivity index (χ2n) is 4.06. The van der Waals surface area contributed by atoms with E-state index in [1.807, 2.05) is 14.1 Å². The van der Waals surface area contributed by atoms with Crippen molar-refractivity contribution in [2.24, 2.45) is 5.92 Å². The lowest BCUT2D eigenvalue weighted by molar-refractivity contribution is -0.126. The molecule has 62 valence electrons. The van der Waals surface area contributed by atoms with Crippen LogP contribution in [-0.4, -0.2) is 30.3 Å². The van der Waals surface area contributed by atoms with Gasteiger partial charge in [-0.2, -0.15) is 0 Å². The Hall–Kier alpha value is -0.370. The number of hydrogen-bond acceptors (Lipinski definition) is 2. The summed E-state index contributed by atoms with van der Waals surface area (Å²) in [4.78, 5) is 13.8. The number of nitrogens with zero attached hydrogens (tertiary/aromatic N) is 1. The normalized spacial score (nSPS) is 42.5. The zero-order valence-electron chi connectivity index (χ0n) is 7.26. The van der Waals surface area contributed by atoms with Crippen molar-refractivity contribution >= 4 is 5.78 Å². The molecular weight excluding hydrogens is 138 g/mol. The fourth-order valence-corrected chi connectivity index (χ4v) is 2.65. The topological polar surface area (TPSA) is 20.3 Å². The maximum Gasteiger partial charge on any atom is 0.156 e. The van der Waals surface area contributed by atoms with Gasteiger partial charge in [0.05, 0.1) is 5.54 Å². The molecule has 0 heterocycles. The molecule has 0 aromatic heterocycles. The van der Waals surface area contributed by atoms with Crippen LogP contribution in [0.4, 0.5) is 0 Å². The number of carbonyl (C=O) groups is 1. The van der Waals surface area contributed by atoms with Gasteiger partial charge in [0.2, 0.25) is 0 Å². The molecule has 0 unspecified atom stereocenters. The zero-order chi connectivity index (χ0) is 8.06. The highest BCUT2D eigenvalue weighted by atomic mass is 16.1. The van der Waals surface area contributed by atoms with E-state index in [1.165, 1.54) is 0 Å². The molecule has 0 amide bonds. The van der Waals surface area contributed by atoms with Crippen LogP contribution in [0.3, 0.4) is 0 Å². The molecule has 0 saturated heterocycles. The molecule has 0 spiro atoms. The van der Waals surface area contributed by atoms with Gasteiger partial charge in [-0.3, -0.25) is 9.69 Å². The summed E-state index contributed by atoms with van der Waals surface area (Å²) >= 11 is 0. The first-order chi connectivity index (χ1) is 5.17. The molecule has 0 atom stereocenters. The minimum Gasteiger partial charge on any atom is -0.297 e. The number of carbonyl (C=O) groups excluding carboxylic acids is 1. The second kappa shape index (κ2) is 2.07. The van der Waals surface area contributed by atoms with Crippen LogP contribution in [0, 0.1) is 5.92 Å². The second-order valence-corrected chi connectivity index (χ2v) is 4.06. The van der Waals surface area contributed by atoms with Crippen molar-refractivity contribution in [2.75, 3.05) is 14.1 Å². The standard InChI is InChI=1S/C9H15NO/c1-10(2)9-5-3-7(4-6-9)8(9)11/h7H,3-6H2,1-2H3. The van der Waals surface area contributed by atoms with E-state index < -0.39 is 0 Å². The molecule has 2 heteroatoms. The molecule has 2 bridgehead atoms. The van der Waals surface area contributed by atoms with Crippen molar-refractivity contribution in [2.45, 2.75) is 31.2 Å². The maximum atomic E-state index is 11.7. The summed E-state index contributed by atoms with van der Waals surface area (Å²) in [6.07, 6.45) is 4.47. The van der Waals surface area contributed by atoms with E-state index in [0.29, 0.717) is 11.7 Å². The largest absolute Gasteiger partial charge is 0.297 e. The molecule has 0 aliphatic heterocycles. The Labute approximate surface area is 67.6 Å². The molecule has 0 aromatic rings. The molecular formula is C9H15NO. The highest BCUT2D eigenvalue weighted by Crippen LogP contribution is 2.47. The summed E-state index contributed by atoms with van der Waals surface area (Å²) in [6, 6.07) is 0. The van der Waals surface area contributed by atoms with E-state index in [4.69, 9.17) is 0 Å². The van der Waals surface area contributed by atoms with Crippen LogP contribution < -0.4 is 0 Å². The summed E-state index contributed by atoms with van der Waals surface area (Å²) in [6.45, 7) is 0. The highest BCUT2D eigenvalue weighted by Gasteiger charge is 2.54. The lowest BCUT2D eigenvalue weighted by Gasteiger charge is -2.32. The first kappa shape index (κ1) is 7.29. The van der Waals surface area contributed by atoms with E-state index in [2.05, 4.69) is 4.90 Å². The average Bonchev–Trinajstić information content (AvgIpc) is 2.46. The van der Waals surface area contributed by atoms with Gasteiger partial charge in [-0.15, -0.1) is 0 Å². The summed E-state index contributed by atoms with van der Waals surface area (Å²) in [5, 5.41) is 0. The van der Waals surface area contributed by atoms with Crippen LogP contribution >= 0.6 is 0 Å². The van der Waals surface area contributed by atoms with Crippen molar-refractivity contribution in [3.63, 3.8) is 0 Å². The van der Waals surface area contributed by atoms with Crippen LogP contribution in [0.5, 0.6) is 0 Å². The van der Waals surface area contributed by atoms with Crippen LogP contribution in [-0.2, 0) is 4.79 Å². The zero-order valence-corrected chi connectivity index (χ0v) is 7.26. The number of rotatable bonds is 1. The number of likely N-dealkylation sites (N-methyl/N-ethyl adjacent to an activating group) is 1. The first-order valence-electron chi connectivity index (χ1n) is 4.38. The Morgan fingerprint density at radius 1 is 1.36 bits per heavy atom. The molecule has 0 aromatic carbocycles. The van der Waals surface area contributed by atoms with Gasteiger partial charge in [-0.25, -0.2) is 0 Å². The Balaban J connectivity index is 2.32. The van der Waals surface area contributed by atoms with Gasteiger partial charge in [0.25, 0.3) is 0 Å². The van der Waals surface area contributed by atoms with Gasteiger partial charge in [0.1, 0.15) is 0 Å². The predicted octanol–water partition coefficient (Wildman–Crippen LogP) is 1.06. The smallest absolute Gasteiger partial charge is 0.156 e. The first-order valence-corrected chi connectivity index (χ1v) is 4.38. The Bertz CT molecular complexity index is 190. The highest BCUT2D eigenvalue weighted by molar-refractivity contribution is 5.94. The SMILES string of the molecule is CN(C)C12CCC(CC1)C2=O. The predicted molar refractivity (Wildman–Crippen MR) is 43.4 cm³/mol. The molecule has 2 aliphatic rings. The van der Waals surface area contributed by atoms with Crippen LogP contribution in [0.25, 0.3) is 0 Å². The lowest BCUT2D eigenvalue weighted by Crippen LogP contribution is -2.45. The number of Topliss-reactive ketones (excluding diaryl/α,β-unsaturated/α-hetero) is 1. The van der Waals surface area contributed by atoms with Gasteiger partial charge >= 0.3 is 0 Å². The molecule has 11 heavy (non-hydrogen) atoms. The lowest BCUT2D eigenvalue weighted by atomic mass is 9.92. The summed E-state index contributed by atoms with van der Waals surface area (Å²) in [7, 11) is 4.07. The molecule has 2 saturated carbocycles. The Morgan fingerprint density at radius 3 is 2.09 bits per heavy atom. The molecule has 2 rings (SSSR count). The summed E-state index contributed by atoms with van der Waals surface area (Å²) in [5.41, 5.74) is -0.0370. The molecule has 0 N–H and O–H groups in total. The third-order valence-corrected chi connectivity index (χ3v) is 3.50. The third kappa shape index (κ3) is 0.734. The van der Waals surface area contributed by atoms with Gasteiger partial charge in [-0.1, -0.05) is 0 Å². The molecule has 2 fully saturated rings. The molecule has 2 nitrogen and oxygen atoms in total. The summed E-state index contributed by atoms with van der Waals surface area (Å²) in [5.74, 6) is 0.930. The quantitative estimate of drug-likeness (QED) is 0.561. The van der Waals surface area contributed by atoms with E-state index in [0.717, 1.165) is 25.7 Å². The van der Waals surface area contributed by atoms with E-state index >= 15 is 0 Å². The number of hydrogen-bond donors (Lipinski definition) is 0. The Kier molecular flexibility index (Phi) is 1.37. The maximum absolute atomic E-state index is 11.7. The van der Waals surface area contributed by atoms with E-state index in [9.17, 15) is 4.79 Å². The van der Waals surface area contributed by atoms with Crippen molar-refractivity contribution < 1.29 is 4.79 Å². The van der Waals surface area contributed by atoms with Crippen LogP contribution in [0.1, 0.15) is 25.7 Å². The van der Waals surface area contributed by atoms with Gasteiger partial charge in [0, 0.05) is 5.92 Å². The van der Waals surface area contributed by atoms with Crippen molar-refractivity contribution in [1.82, 2.24) is 4.90 Å². The fourth-order valence-electron chi connectivity index (χ4n) is 2.65. The minimum absolute atomic E-state index is 0.0370. The Morgan fingerprint density at radius 2 is 1.91 bits per heavy atom. The van der Waals surface area contributed by atoms with Crippen molar-refractivity contribution in [3.05, 3.63) is 0 Å². The van der Waals surface area contributed by atoms with E-state index in [-0.39, 0.29) is 5.54 Å². The van der Waals surface area contributed by atoms with Crippen LogP contribution in [0.2, 0.25) is 0 Å². The minimum atomic E-state index is -0.0370. The van der Waals surface area contributed by atoms with Gasteiger partial charge in [-0.05, 0) is 39.8 Å². The molecule has 2 aliphatic carbocycles. The summed E-state index contributed by atoms with van der Waals surface area (Å²) < 4.78 is 0. The van der Waals surface area contributed by atoms with Crippen molar-refractivity contribution in [1.29, 1.82) is 0 Å². The third-order valence-electron chi connectivity index (χ3n) is 3.50. The fraction of sp³-hybridized carbons (Fsp3) is 0.889. The van der Waals surface area contributed by atoms with Gasteiger partial charge in [0.15, 0.2) is 5.78 Å². The number of fused-ring (bicyclic) bond motifs is 2. The monoisotopic (exact) mass is 153 g/mol. The van der Waals surface area contributed by atoms with Gasteiger partial charge < -0.3 is 0 Å². The number of ketones is 1. The van der Waals surface area contributed by atoms with Crippen molar-refractivity contribution in [3.8, 4) is 0 Å². The van der Waals surface area contributed by atoms with Crippen LogP contribution in [0.15, 0.2) is 0 Å². The average molecular weight is 153 g/mol.